The Labute approximate surface area is 86.2 Å². The van der Waals surface area contributed by atoms with Gasteiger partial charge in [0.2, 0.25) is 0 Å². The van der Waals surface area contributed by atoms with Crippen LogP contribution < -0.4 is 0 Å². The van der Waals surface area contributed by atoms with Gasteiger partial charge in [-0.15, -0.1) is 0 Å². The Kier molecular flexibility index (Phi) is 2.49. The molecule has 0 N–H and O–H groups in total. The number of aromatic nitrogens is 2. The zero-order chi connectivity index (χ0) is 10.8. The maximum atomic E-state index is 12.9. The Morgan fingerprint density at radius 2 is 2.07 bits per heavy atom. The number of benzene rings is 1. The van der Waals surface area contributed by atoms with E-state index in [4.69, 9.17) is 0 Å². The van der Waals surface area contributed by atoms with Gasteiger partial charge in [-0.25, -0.2) is 13.8 Å². The molecule has 0 aliphatic rings. The summed E-state index contributed by atoms with van der Waals surface area (Å²) < 4.78 is 27.3. The van der Waals surface area contributed by atoms with Crippen LogP contribution in [0.25, 0.3) is 0 Å². The Hall–Kier alpha value is -1.71. The standard InChI is InChI=1S/C11H9F2N2/c1-8-5-15(7-14-8)6-9-2-3-10(12)11(13)4-9/h2-5,7H,1,6H2. The molecule has 0 saturated carbocycles. The Morgan fingerprint density at radius 3 is 2.67 bits per heavy atom. The first-order valence-electron chi connectivity index (χ1n) is 4.43. The fraction of sp³-hybridized carbons (Fsp3) is 0.0909. The summed E-state index contributed by atoms with van der Waals surface area (Å²) in [6, 6.07) is 3.84. The molecule has 0 aliphatic heterocycles. The van der Waals surface area contributed by atoms with E-state index in [1.807, 2.05) is 0 Å². The van der Waals surface area contributed by atoms with Gasteiger partial charge < -0.3 is 4.57 Å². The fourth-order valence-corrected chi connectivity index (χ4v) is 1.34. The molecule has 1 aromatic carbocycles. The van der Waals surface area contributed by atoms with E-state index >= 15 is 0 Å². The van der Waals surface area contributed by atoms with Crippen molar-refractivity contribution in [2.45, 2.75) is 6.54 Å². The molecule has 0 amide bonds. The highest BCUT2D eigenvalue weighted by Gasteiger charge is 2.03. The zero-order valence-corrected chi connectivity index (χ0v) is 7.95. The lowest BCUT2D eigenvalue weighted by atomic mass is 10.2. The molecule has 1 aromatic heterocycles. The first kappa shape index (κ1) is 9.83. The molecule has 2 nitrogen and oxygen atoms in total. The van der Waals surface area contributed by atoms with E-state index < -0.39 is 11.6 Å². The molecule has 1 heterocycles. The van der Waals surface area contributed by atoms with Crippen LogP contribution in [0.3, 0.4) is 0 Å². The van der Waals surface area contributed by atoms with Gasteiger partial charge in [-0.05, 0) is 24.6 Å². The number of halogens is 2. The summed E-state index contributed by atoms with van der Waals surface area (Å²) >= 11 is 0. The monoisotopic (exact) mass is 207 g/mol. The SMILES string of the molecule is [CH2]c1cn(Cc2ccc(F)c(F)c2)cn1. The first-order valence-corrected chi connectivity index (χ1v) is 4.43. The summed E-state index contributed by atoms with van der Waals surface area (Å²) in [7, 11) is 0. The van der Waals surface area contributed by atoms with E-state index in [2.05, 4.69) is 11.9 Å². The number of imidazole rings is 1. The lowest BCUT2D eigenvalue weighted by Crippen LogP contribution is -1.97. The van der Waals surface area contributed by atoms with Crippen LogP contribution in [0.2, 0.25) is 0 Å². The van der Waals surface area contributed by atoms with Crippen LogP contribution >= 0.6 is 0 Å². The summed E-state index contributed by atoms with van der Waals surface area (Å²) in [6.07, 6.45) is 3.34. The second-order valence-corrected chi connectivity index (χ2v) is 3.29. The zero-order valence-electron chi connectivity index (χ0n) is 7.95. The molecule has 0 aliphatic carbocycles. The smallest absolute Gasteiger partial charge is 0.159 e. The van der Waals surface area contributed by atoms with Crippen molar-refractivity contribution in [1.82, 2.24) is 9.55 Å². The van der Waals surface area contributed by atoms with Crippen molar-refractivity contribution >= 4 is 0 Å². The molecule has 0 bridgehead atoms. The minimum absolute atomic E-state index is 0.458. The molecular weight excluding hydrogens is 198 g/mol. The molecule has 77 valence electrons. The molecule has 15 heavy (non-hydrogen) atoms. The molecule has 0 unspecified atom stereocenters. The van der Waals surface area contributed by atoms with Crippen LogP contribution in [0.5, 0.6) is 0 Å². The largest absolute Gasteiger partial charge is 0.333 e. The number of hydrogen-bond acceptors (Lipinski definition) is 1. The second-order valence-electron chi connectivity index (χ2n) is 3.29. The molecule has 0 spiro atoms. The van der Waals surface area contributed by atoms with Crippen LogP contribution in [0.15, 0.2) is 30.7 Å². The van der Waals surface area contributed by atoms with Crippen molar-refractivity contribution in [3.63, 3.8) is 0 Å². The quantitative estimate of drug-likeness (QED) is 0.739. The van der Waals surface area contributed by atoms with Gasteiger partial charge in [0, 0.05) is 12.7 Å². The van der Waals surface area contributed by atoms with Crippen molar-refractivity contribution < 1.29 is 8.78 Å². The van der Waals surface area contributed by atoms with Crippen LogP contribution in [0.1, 0.15) is 11.3 Å². The van der Waals surface area contributed by atoms with Gasteiger partial charge in [-0.2, -0.15) is 0 Å². The van der Waals surface area contributed by atoms with E-state index in [0.717, 1.165) is 6.07 Å². The molecule has 0 saturated heterocycles. The molecule has 1 radical (unpaired) electrons. The van der Waals surface area contributed by atoms with Crippen molar-refractivity contribution in [3.05, 3.63) is 60.5 Å². The Morgan fingerprint density at radius 1 is 1.27 bits per heavy atom. The van der Waals surface area contributed by atoms with E-state index in [1.54, 1.807) is 23.2 Å². The van der Waals surface area contributed by atoms with E-state index in [-0.39, 0.29) is 0 Å². The van der Waals surface area contributed by atoms with E-state index in [9.17, 15) is 8.78 Å². The fourth-order valence-electron chi connectivity index (χ4n) is 1.34. The van der Waals surface area contributed by atoms with Crippen molar-refractivity contribution in [2.75, 3.05) is 0 Å². The lowest BCUT2D eigenvalue weighted by molar-refractivity contribution is 0.506. The van der Waals surface area contributed by atoms with Gasteiger partial charge in [0.1, 0.15) is 0 Å². The summed E-state index contributed by atoms with van der Waals surface area (Å²) in [6.45, 7) is 4.11. The lowest BCUT2D eigenvalue weighted by Gasteiger charge is -2.02. The summed E-state index contributed by atoms with van der Waals surface area (Å²) in [5, 5.41) is 0. The number of nitrogens with zero attached hydrogens (tertiary/aromatic N) is 2. The average molecular weight is 207 g/mol. The maximum Gasteiger partial charge on any atom is 0.159 e. The van der Waals surface area contributed by atoms with Gasteiger partial charge in [0.15, 0.2) is 11.6 Å². The van der Waals surface area contributed by atoms with Crippen LogP contribution in [-0.2, 0) is 6.54 Å². The van der Waals surface area contributed by atoms with Crippen LogP contribution in [0, 0.1) is 18.6 Å². The summed E-state index contributed by atoms with van der Waals surface area (Å²) in [5.41, 5.74) is 1.34. The summed E-state index contributed by atoms with van der Waals surface area (Å²) in [4.78, 5) is 3.94. The minimum atomic E-state index is -0.831. The third kappa shape index (κ3) is 2.21. The van der Waals surface area contributed by atoms with Gasteiger partial charge in [0.05, 0.1) is 12.0 Å². The molecular formula is C11H9F2N2. The average Bonchev–Trinajstić information content (AvgIpc) is 2.58. The number of rotatable bonds is 2. The molecule has 2 aromatic rings. The highest BCUT2D eigenvalue weighted by molar-refractivity contribution is 5.18. The minimum Gasteiger partial charge on any atom is -0.333 e. The van der Waals surface area contributed by atoms with Crippen LogP contribution in [0.4, 0.5) is 8.78 Å². The highest BCUT2D eigenvalue weighted by atomic mass is 19.2. The Balaban J connectivity index is 2.21. The summed E-state index contributed by atoms with van der Waals surface area (Å²) in [5.74, 6) is -1.66. The van der Waals surface area contributed by atoms with Crippen molar-refractivity contribution in [1.29, 1.82) is 0 Å². The predicted molar refractivity (Wildman–Crippen MR) is 52.1 cm³/mol. The normalized spacial score (nSPS) is 10.6. The number of hydrogen-bond donors (Lipinski definition) is 0. The first-order chi connectivity index (χ1) is 7.15. The molecule has 2 rings (SSSR count). The highest BCUT2D eigenvalue weighted by Crippen LogP contribution is 2.10. The van der Waals surface area contributed by atoms with Gasteiger partial charge >= 0.3 is 0 Å². The van der Waals surface area contributed by atoms with Gasteiger partial charge in [-0.3, -0.25) is 0 Å². The van der Waals surface area contributed by atoms with Gasteiger partial charge in [-0.1, -0.05) is 6.07 Å². The topological polar surface area (TPSA) is 17.8 Å². The van der Waals surface area contributed by atoms with Gasteiger partial charge in [0.25, 0.3) is 0 Å². The molecule has 4 heteroatoms. The third-order valence-electron chi connectivity index (χ3n) is 2.04. The second kappa shape index (κ2) is 3.81. The predicted octanol–water partition coefficient (Wildman–Crippen LogP) is 2.39. The Bertz CT molecular complexity index is 477. The van der Waals surface area contributed by atoms with Crippen LogP contribution in [-0.4, -0.2) is 9.55 Å². The third-order valence-corrected chi connectivity index (χ3v) is 2.04. The van der Waals surface area contributed by atoms with E-state index in [0.29, 0.717) is 17.8 Å². The molecule has 0 atom stereocenters. The van der Waals surface area contributed by atoms with E-state index in [1.165, 1.54) is 6.07 Å². The van der Waals surface area contributed by atoms with Crippen molar-refractivity contribution in [2.24, 2.45) is 0 Å². The van der Waals surface area contributed by atoms with Crippen molar-refractivity contribution in [3.8, 4) is 0 Å². The maximum absolute atomic E-state index is 12.9. The molecule has 0 fully saturated rings.